The number of carbonyl (C=O) groups excluding carboxylic acids is 2. The van der Waals surface area contributed by atoms with Crippen LogP contribution in [0.4, 0.5) is 17.1 Å². The maximum Gasteiger partial charge on any atom is 0.269 e. The molecule has 4 rings (SSSR count). The Morgan fingerprint density at radius 2 is 1.51 bits per heavy atom. The molecule has 0 aliphatic carbocycles. The third kappa shape index (κ3) is 7.05. The molecule has 0 aliphatic rings. The molecule has 8 heteroatoms. The zero-order valence-electron chi connectivity index (χ0n) is 20.1. The summed E-state index contributed by atoms with van der Waals surface area (Å²) in [4.78, 5) is 37.2. The summed E-state index contributed by atoms with van der Waals surface area (Å²) in [6.07, 6.45) is 0.287. The van der Waals surface area contributed by atoms with Crippen LogP contribution in [0.3, 0.4) is 0 Å². The molecule has 0 saturated carbocycles. The van der Waals surface area contributed by atoms with E-state index < -0.39 is 10.2 Å². The van der Waals surface area contributed by atoms with Crippen LogP contribution in [-0.4, -0.2) is 16.7 Å². The Kier molecular flexibility index (Phi) is 8.33. The van der Waals surface area contributed by atoms with E-state index in [1.165, 1.54) is 23.9 Å². The summed E-state index contributed by atoms with van der Waals surface area (Å²) < 4.78 is 0. The summed E-state index contributed by atoms with van der Waals surface area (Å²) in [5.41, 5.74) is 3.54. The number of nitrogens with zero attached hydrogens (tertiary/aromatic N) is 1. The Labute approximate surface area is 219 Å². The zero-order valence-corrected chi connectivity index (χ0v) is 20.9. The number of nitrogens with one attached hydrogen (secondary N) is 2. The van der Waals surface area contributed by atoms with Gasteiger partial charge in [0.2, 0.25) is 11.8 Å². The highest BCUT2D eigenvalue weighted by atomic mass is 32.2. The Bertz CT molecular complexity index is 1390. The highest BCUT2D eigenvalue weighted by Gasteiger charge is 2.23. The molecule has 1 unspecified atom stereocenters. The van der Waals surface area contributed by atoms with Gasteiger partial charge in [-0.25, -0.2) is 0 Å². The van der Waals surface area contributed by atoms with Gasteiger partial charge >= 0.3 is 0 Å². The molecule has 2 N–H and O–H groups in total. The van der Waals surface area contributed by atoms with Crippen molar-refractivity contribution in [3.8, 4) is 0 Å². The summed E-state index contributed by atoms with van der Waals surface area (Å²) in [6.45, 7) is 1.72. The van der Waals surface area contributed by atoms with Crippen molar-refractivity contribution in [1.82, 2.24) is 0 Å². The van der Waals surface area contributed by atoms with Gasteiger partial charge in [-0.3, -0.25) is 19.7 Å². The van der Waals surface area contributed by atoms with Gasteiger partial charge in [0.1, 0.15) is 5.25 Å². The van der Waals surface area contributed by atoms with Crippen molar-refractivity contribution in [2.24, 2.45) is 0 Å². The van der Waals surface area contributed by atoms with Gasteiger partial charge in [0, 0.05) is 28.4 Å². The summed E-state index contributed by atoms with van der Waals surface area (Å²) in [7, 11) is 0. The van der Waals surface area contributed by atoms with Crippen molar-refractivity contribution in [2.45, 2.75) is 23.5 Å². The molecule has 0 radical (unpaired) electrons. The van der Waals surface area contributed by atoms with Crippen molar-refractivity contribution >= 4 is 40.6 Å². The maximum atomic E-state index is 13.4. The first-order valence-corrected chi connectivity index (χ1v) is 12.5. The smallest absolute Gasteiger partial charge is 0.269 e. The number of hydrogen-bond acceptors (Lipinski definition) is 5. The maximum absolute atomic E-state index is 13.4. The van der Waals surface area contributed by atoms with Crippen LogP contribution in [0.1, 0.15) is 21.9 Å². The predicted molar refractivity (Wildman–Crippen MR) is 147 cm³/mol. The Balaban J connectivity index is 1.46. The van der Waals surface area contributed by atoms with Crippen molar-refractivity contribution in [3.63, 3.8) is 0 Å². The summed E-state index contributed by atoms with van der Waals surface area (Å²) in [6, 6.07) is 30.6. The highest BCUT2D eigenvalue weighted by molar-refractivity contribution is 8.00. The number of nitro groups is 1. The molecule has 186 valence electrons. The lowest BCUT2D eigenvalue weighted by molar-refractivity contribution is -0.384. The lowest BCUT2D eigenvalue weighted by Gasteiger charge is -2.18. The molecule has 4 aromatic rings. The summed E-state index contributed by atoms with van der Waals surface area (Å²) >= 11 is 1.38. The number of aryl methyl sites for hydroxylation is 1. The number of carbonyl (C=O) groups is 2. The van der Waals surface area contributed by atoms with E-state index in [2.05, 4.69) is 10.6 Å². The Morgan fingerprint density at radius 1 is 0.865 bits per heavy atom. The average Bonchev–Trinajstić information content (AvgIpc) is 2.90. The number of rotatable bonds is 9. The molecule has 0 spiro atoms. The number of amides is 2. The van der Waals surface area contributed by atoms with E-state index in [9.17, 15) is 19.7 Å². The molecular weight excluding hydrogens is 486 g/mol. The Morgan fingerprint density at radius 3 is 2.14 bits per heavy atom. The number of hydrogen-bond donors (Lipinski definition) is 2. The van der Waals surface area contributed by atoms with E-state index in [0.29, 0.717) is 16.9 Å². The van der Waals surface area contributed by atoms with Crippen LogP contribution in [0.5, 0.6) is 0 Å². The molecule has 4 aromatic carbocycles. The van der Waals surface area contributed by atoms with E-state index in [-0.39, 0.29) is 23.9 Å². The second-order valence-corrected chi connectivity index (χ2v) is 9.57. The predicted octanol–water partition coefficient (Wildman–Crippen LogP) is 6.56. The highest BCUT2D eigenvalue weighted by Crippen LogP contribution is 2.37. The van der Waals surface area contributed by atoms with E-state index in [1.54, 1.807) is 13.0 Å². The second kappa shape index (κ2) is 12.0. The van der Waals surface area contributed by atoms with Crippen LogP contribution in [0.2, 0.25) is 0 Å². The molecule has 7 nitrogen and oxygen atoms in total. The number of nitro benzene ring substituents is 1. The molecule has 2 amide bonds. The van der Waals surface area contributed by atoms with E-state index in [1.807, 2.05) is 84.9 Å². The van der Waals surface area contributed by atoms with Gasteiger partial charge < -0.3 is 10.6 Å². The number of anilines is 2. The number of non-ortho nitro benzene ring substituents is 1. The molecule has 0 aliphatic heterocycles. The van der Waals surface area contributed by atoms with Crippen LogP contribution in [0, 0.1) is 17.0 Å². The van der Waals surface area contributed by atoms with Gasteiger partial charge in [-0.2, -0.15) is 0 Å². The van der Waals surface area contributed by atoms with Crippen molar-refractivity contribution in [3.05, 3.63) is 130 Å². The molecular formula is C29H25N3O4S. The summed E-state index contributed by atoms with van der Waals surface area (Å²) in [5.74, 6) is -0.347. The minimum Gasteiger partial charge on any atom is -0.326 e. The largest absolute Gasteiger partial charge is 0.326 e. The van der Waals surface area contributed by atoms with Crippen LogP contribution in [0.25, 0.3) is 0 Å². The van der Waals surface area contributed by atoms with E-state index in [0.717, 1.165) is 16.0 Å². The summed E-state index contributed by atoms with van der Waals surface area (Å²) in [5, 5.41) is 16.3. The van der Waals surface area contributed by atoms with Crippen LogP contribution in [-0.2, 0) is 16.0 Å². The first kappa shape index (κ1) is 25.7. The molecule has 0 aromatic heterocycles. The number of benzene rings is 4. The van der Waals surface area contributed by atoms with E-state index >= 15 is 0 Å². The van der Waals surface area contributed by atoms with Gasteiger partial charge in [-0.05, 0) is 53.9 Å². The normalized spacial score (nSPS) is 11.4. The van der Waals surface area contributed by atoms with Crippen LogP contribution >= 0.6 is 11.8 Å². The van der Waals surface area contributed by atoms with Crippen LogP contribution < -0.4 is 10.6 Å². The monoisotopic (exact) mass is 511 g/mol. The quantitative estimate of drug-likeness (QED) is 0.151. The van der Waals surface area contributed by atoms with Gasteiger partial charge in [0.25, 0.3) is 5.69 Å². The van der Waals surface area contributed by atoms with Gasteiger partial charge in [0.15, 0.2) is 0 Å². The topological polar surface area (TPSA) is 101 Å². The lowest BCUT2D eigenvalue weighted by atomic mass is 10.1. The van der Waals surface area contributed by atoms with Gasteiger partial charge in [-0.15, -0.1) is 11.8 Å². The zero-order chi connectivity index (χ0) is 26.2. The molecule has 37 heavy (non-hydrogen) atoms. The van der Waals surface area contributed by atoms with Crippen molar-refractivity contribution in [2.75, 3.05) is 10.6 Å². The lowest BCUT2D eigenvalue weighted by Crippen LogP contribution is -2.19. The molecule has 0 fully saturated rings. The SMILES string of the molecule is Cc1cc([N+](=O)[O-])ccc1NC(=O)C(Sc1ccc(NC(=O)Cc2ccccc2)cc1)c1ccccc1. The molecule has 0 heterocycles. The first-order valence-electron chi connectivity index (χ1n) is 11.6. The standard InChI is InChI=1S/C29H25N3O4S/c1-20-18-24(32(35)36)14-17-26(20)31-29(34)28(22-10-6-3-7-11-22)37-25-15-12-23(13-16-25)30-27(33)19-21-8-4-2-5-9-21/h2-18,28H,19H2,1H3,(H,30,33)(H,31,34). The van der Waals surface area contributed by atoms with Gasteiger partial charge in [-0.1, -0.05) is 60.7 Å². The van der Waals surface area contributed by atoms with Crippen molar-refractivity contribution in [1.29, 1.82) is 0 Å². The third-order valence-corrected chi connectivity index (χ3v) is 6.88. The third-order valence-electron chi connectivity index (χ3n) is 5.62. The van der Waals surface area contributed by atoms with Crippen molar-refractivity contribution < 1.29 is 14.5 Å². The van der Waals surface area contributed by atoms with Crippen LogP contribution in [0.15, 0.2) is 108 Å². The van der Waals surface area contributed by atoms with Gasteiger partial charge in [0.05, 0.1) is 11.3 Å². The average molecular weight is 512 g/mol. The number of thioether (sulfide) groups is 1. The molecule has 1 atom stereocenters. The first-order chi connectivity index (χ1) is 17.9. The fraction of sp³-hybridized carbons (Fsp3) is 0.103. The molecule has 0 saturated heterocycles. The minimum absolute atomic E-state index is 0.0274. The minimum atomic E-state index is -0.561. The fourth-order valence-corrected chi connectivity index (χ4v) is 4.76. The van der Waals surface area contributed by atoms with E-state index in [4.69, 9.17) is 0 Å². The second-order valence-electron chi connectivity index (χ2n) is 8.39. The fourth-order valence-electron chi connectivity index (χ4n) is 3.74. The Hall–Kier alpha value is -4.43. The molecule has 0 bridgehead atoms.